The van der Waals surface area contributed by atoms with Gasteiger partial charge in [0.2, 0.25) is 0 Å². The van der Waals surface area contributed by atoms with Crippen LogP contribution in [0, 0.1) is 12.7 Å². The Morgan fingerprint density at radius 3 is 2.64 bits per heavy atom. The summed E-state index contributed by atoms with van der Waals surface area (Å²) in [7, 11) is 1.52. The summed E-state index contributed by atoms with van der Waals surface area (Å²) in [4.78, 5) is 20.5. The van der Waals surface area contributed by atoms with Gasteiger partial charge in [-0.3, -0.25) is 5.32 Å². The number of halogens is 1. The van der Waals surface area contributed by atoms with Crippen LogP contribution in [0.4, 0.5) is 20.7 Å². The second kappa shape index (κ2) is 7.38. The minimum Gasteiger partial charge on any atom is -0.494 e. The fourth-order valence-electron chi connectivity index (χ4n) is 2.86. The maximum atomic E-state index is 13.3. The maximum absolute atomic E-state index is 13.3. The summed E-state index contributed by atoms with van der Waals surface area (Å²) in [6, 6.07) is 9.84. The first-order chi connectivity index (χ1) is 12.1. The molecule has 3 rings (SSSR count). The van der Waals surface area contributed by atoms with Gasteiger partial charge >= 0.3 is 6.03 Å². The lowest BCUT2D eigenvalue weighted by Crippen LogP contribution is -2.50. The van der Waals surface area contributed by atoms with Crippen LogP contribution >= 0.6 is 0 Å². The van der Waals surface area contributed by atoms with E-state index in [9.17, 15) is 9.18 Å². The molecule has 0 radical (unpaired) electrons. The number of methoxy groups -OCH3 is 1. The largest absolute Gasteiger partial charge is 0.494 e. The number of carbonyl (C=O) groups excluding carboxylic acids is 1. The van der Waals surface area contributed by atoms with Gasteiger partial charge in [-0.25, -0.2) is 14.2 Å². The van der Waals surface area contributed by atoms with Gasteiger partial charge in [-0.2, -0.15) is 0 Å². The number of carbonyl (C=O) groups is 1. The SMILES string of the molecule is COc1cc(F)ccc1N1CCN(C(=O)Nc2cccc(C)n2)CC1. The molecular formula is C18H21FN4O2. The van der Waals surface area contributed by atoms with E-state index in [2.05, 4.69) is 15.2 Å². The molecule has 1 saturated heterocycles. The number of amides is 2. The number of hydrogen-bond donors (Lipinski definition) is 1. The van der Waals surface area contributed by atoms with Gasteiger partial charge in [0.05, 0.1) is 12.8 Å². The number of nitrogens with one attached hydrogen (secondary N) is 1. The highest BCUT2D eigenvalue weighted by molar-refractivity contribution is 5.88. The molecule has 1 aliphatic rings. The molecule has 1 fully saturated rings. The predicted molar refractivity (Wildman–Crippen MR) is 94.7 cm³/mol. The van der Waals surface area contributed by atoms with Crippen molar-refractivity contribution in [2.24, 2.45) is 0 Å². The topological polar surface area (TPSA) is 57.7 Å². The van der Waals surface area contributed by atoms with Crippen LogP contribution in [0.2, 0.25) is 0 Å². The van der Waals surface area contributed by atoms with Gasteiger partial charge in [-0.1, -0.05) is 6.07 Å². The zero-order chi connectivity index (χ0) is 17.8. The van der Waals surface area contributed by atoms with E-state index in [-0.39, 0.29) is 11.8 Å². The molecule has 2 aromatic rings. The number of anilines is 2. The number of urea groups is 1. The van der Waals surface area contributed by atoms with Crippen molar-refractivity contribution < 1.29 is 13.9 Å². The molecule has 0 spiro atoms. The minimum atomic E-state index is -0.329. The highest BCUT2D eigenvalue weighted by Crippen LogP contribution is 2.29. The first-order valence-electron chi connectivity index (χ1n) is 8.15. The first kappa shape index (κ1) is 17.0. The Kier molecular flexibility index (Phi) is 5.02. The molecule has 1 aliphatic heterocycles. The van der Waals surface area contributed by atoms with Crippen LogP contribution in [-0.4, -0.2) is 49.2 Å². The molecule has 132 valence electrons. The van der Waals surface area contributed by atoms with E-state index >= 15 is 0 Å². The van der Waals surface area contributed by atoms with Gasteiger partial charge in [0.15, 0.2) is 0 Å². The Morgan fingerprint density at radius 1 is 1.20 bits per heavy atom. The van der Waals surface area contributed by atoms with E-state index in [4.69, 9.17) is 4.74 Å². The third-order valence-electron chi connectivity index (χ3n) is 4.17. The number of aromatic nitrogens is 1. The van der Waals surface area contributed by atoms with Crippen molar-refractivity contribution in [3.8, 4) is 5.75 Å². The van der Waals surface area contributed by atoms with E-state index < -0.39 is 0 Å². The van der Waals surface area contributed by atoms with Crippen molar-refractivity contribution in [3.63, 3.8) is 0 Å². The highest BCUT2D eigenvalue weighted by Gasteiger charge is 2.23. The van der Waals surface area contributed by atoms with Crippen molar-refractivity contribution in [2.75, 3.05) is 43.5 Å². The number of pyridine rings is 1. The summed E-state index contributed by atoms with van der Waals surface area (Å²) in [5.74, 6) is 0.721. The lowest BCUT2D eigenvalue weighted by molar-refractivity contribution is 0.208. The first-order valence-corrected chi connectivity index (χ1v) is 8.15. The van der Waals surface area contributed by atoms with Gasteiger partial charge in [-0.05, 0) is 31.2 Å². The molecule has 6 nitrogen and oxygen atoms in total. The lowest BCUT2D eigenvalue weighted by atomic mass is 10.2. The molecule has 1 N–H and O–H groups in total. The van der Waals surface area contributed by atoms with E-state index in [0.29, 0.717) is 37.7 Å². The Morgan fingerprint density at radius 2 is 1.96 bits per heavy atom. The van der Waals surface area contributed by atoms with E-state index in [0.717, 1.165) is 11.4 Å². The van der Waals surface area contributed by atoms with Gasteiger partial charge in [-0.15, -0.1) is 0 Å². The molecule has 0 aliphatic carbocycles. The molecule has 25 heavy (non-hydrogen) atoms. The third kappa shape index (κ3) is 3.99. The molecule has 2 heterocycles. The van der Waals surface area contributed by atoms with Gasteiger partial charge in [0.1, 0.15) is 17.4 Å². The molecule has 7 heteroatoms. The third-order valence-corrected chi connectivity index (χ3v) is 4.17. The monoisotopic (exact) mass is 344 g/mol. The maximum Gasteiger partial charge on any atom is 0.323 e. The number of piperazine rings is 1. The average Bonchev–Trinajstić information content (AvgIpc) is 2.61. The molecule has 0 bridgehead atoms. The van der Waals surface area contributed by atoms with Gasteiger partial charge in [0, 0.05) is 37.9 Å². The van der Waals surface area contributed by atoms with Crippen molar-refractivity contribution in [1.82, 2.24) is 9.88 Å². The second-order valence-electron chi connectivity index (χ2n) is 5.88. The predicted octanol–water partition coefficient (Wildman–Crippen LogP) is 2.89. The summed E-state index contributed by atoms with van der Waals surface area (Å²) in [6.07, 6.45) is 0. The Hall–Kier alpha value is -2.83. The highest BCUT2D eigenvalue weighted by atomic mass is 19.1. The quantitative estimate of drug-likeness (QED) is 0.930. The molecule has 1 aromatic heterocycles. The van der Waals surface area contributed by atoms with Crippen molar-refractivity contribution in [2.45, 2.75) is 6.92 Å². The molecule has 2 amide bonds. The zero-order valence-electron chi connectivity index (χ0n) is 14.3. The number of hydrogen-bond acceptors (Lipinski definition) is 4. The van der Waals surface area contributed by atoms with Crippen molar-refractivity contribution in [1.29, 1.82) is 0 Å². The Balaban J connectivity index is 1.61. The molecule has 1 aromatic carbocycles. The van der Waals surface area contributed by atoms with Crippen molar-refractivity contribution >= 4 is 17.5 Å². The van der Waals surface area contributed by atoms with E-state index in [1.807, 2.05) is 19.1 Å². The lowest BCUT2D eigenvalue weighted by Gasteiger charge is -2.36. The van der Waals surface area contributed by atoms with Crippen LogP contribution in [0.15, 0.2) is 36.4 Å². The van der Waals surface area contributed by atoms with Crippen molar-refractivity contribution in [3.05, 3.63) is 47.9 Å². The van der Waals surface area contributed by atoms with Crippen LogP contribution in [0.5, 0.6) is 5.75 Å². The standard InChI is InChI=1S/C18H21FN4O2/c1-13-4-3-5-17(20-13)21-18(24)23-10-8-22(9-11-23)15-7-6-14(19)12-16(15)25-2/h3-7,12H,8-11H2,1-2H3,(H,20,21,24). The molecular weight excluding hydrogens is 323 g/mol. The second-order valence-corrected chi connectivity index (χ2v) is 5.88. The number of benzene rings is 1. The molecule has 0 atom stereocenters. The average molecular weight is 344 g/mol. The van der Waals surface area contributed by atoms with Gasteiger partial charge in [0.25, 0.3) is 0 Å². The van der Waals surface area contributed by atoms with E-state index in [1.165, 1.54) is 19.2 Å². The summed E-state index contributed by atoms with van der Waals surface area (Å²) in [6.45, 7) is 4.31. The fraction of sp³-hybridized carbons (Fsp3) is 0.333. The molecule has 0 unspecified atom stereocenters. The number of rotatable bonds is 3. The zero-order valence-corrected chi connectivity index (χ0v) is 14.3. The normalized spacial score (nSPS) is 14.4. The van der Waals surface area contributed by atoms with Crippen LogP contribution in [0.1, 0.15) is 5.69 Å². The summed E-state index contributed by atoms with van der Waals surface area (Å²) in [5, 5.41) is 2.82. The van der Waals surface area contributed by atoms with E-state index in [1.54, 1.807) is 17.0 Å². The summed E-state index contributed by atoms with van der Waals surface area (Å²) < 4.78 is 18.6. The number of ether oxygens (including phenoxy) is 1. The Labute approximate surface area is 146 Å². The van der Waals surface area contributed by atoms with Crippen LogP contribution < -0.4 is 15.0 Å². The number of aryl methyl sites for hydroxylation is 1. The van der Waals surface area contributed by atoms with Gasteiger partial charge < -0.3 is 14.5 Å². The van der Waals surface area contributed by atoms with Crippen LogP contribution in [0.25, 0.3) is 0 Å². The van der Waals surface area contributed by atoms with Crippen LogP contribution in [-0.2, 0) is 0 Å². The number of nitrogens with zero attached hydrogens (tertiary/aromatic N) is 3. The summed E-state index contributed by atoms with van der Waals surface area (Å²) >= 11 is 0. The van der Waals surface area contributed by atoms with Crippen LogP contribution in [0.3, 0.4) is 0 Å². The fourth-order valence-corrected chi connectivity index (χ4v) is 2.86. The molecule has 0 saturated carbocycles. The minimum absolute atomic E-state index is 0.163. The smallest absolute Gasteiger partial charge is 0.323 e. The Bertz CT molecular complexity index is 760. The summed E-state index contributed by atoms with van der Waals surface area (Å²) in [5.41, 5.74) is 1.69.